The van der Waals surface area contributed by atoms with Gasteiger partial charge in [-0.3, -0.25) is 14.2 Å². The van der Waals surface area contributed by atoms with Gasteiger partial charge in [0.05, 0.1) is 37.2 Å². The molecule has 2 aromatic carbocycles. The average molecular weight is 598 g/mol. The zero-order chi connectivity index (χ0) is 27.3. The van der Waals surface area contributed by atoms with Crippen LogP contribution in [0.5, 0.6) is 11.5 Å². The predicted molar refractivity (Wildman–Crippen MR) is 146 cm³/mol. The van der Waals surface area contributed by atoms with Gasteiger partial charge < -0.3 is 19.5 Å². The van der Waals surface area contributed by atoms with Gasteiger partial charge in [0.2, 0.25) is 0 Å². The molecule has 38 heavy (non-hydrogen) atoms. The quantitative estimate of drug-likeness (QED) is 0.452. The van der Waals surface area contributed by atoms with E-state index in [0.29, 0.717) is 38.8 Å². The molecule has 0 saturated carbocycles. The predicted octanol–water partition coefficient (Wildman–Crippen LogP) is 3.29. The van der Waals surface area contributed by atoms with Crippen LogP contribution in [0.3, 0.4) is 0 Å². The van der Waals surface area contributed by atoms with Crippen LogP contribution in [-0.2, 0) is 14.3 Å². The van der Waals surface area contributed by atoms with E-state index < -0.39 is 17.6 Å². The largest absolute Gasteiger partial charge is 0.497 e. The molecule has 0 bridgehead atoms. The summed E-state index contributed by atoms with van der Waals surface area (Å²) in [5.74, 6) is -0.00612. The van der Waals surface area contributed by atoms with Crippen LogP contribution in [-0.4, -0.2) is 36.8 Å². The summed E-state index contributed by atoms with van der Waals surface area (Å²) in [7, 11) is 3.04. The number of benzene rings is 2. The number of carbonyl (C=O) groups excluding carboxylic acids is 2. The molecule has 0 aliphatic carbocycles. The van der Waals surface area contributed by atoms with Crippen molar-refractivity contribution >= 4 is 50.4 Å². The van der Waals surface area contributed by atoms with Crippen LogP contribution in [0.1, 0.15) is 37.9 Å². The molecule has 3 aromatic rings. The highest BCUT2D eigenvalue weighted by molar-refractivity contribution is 9.10. The molecule has 9 nitrogen and oxygen atoms in total. The van der Waals surface area contributed by atoms with Crippen molar-refractivity contribution in [1.29, 1.82) is 0 Å². The van der Waals surface area contributed by atoms with Gasteiger partial charge >= 0.3 is 5.97 Å². The van der Waals surface area contributed by atoms with Gasteiger partial charge in [0, 0.05) is 21.3 Å². The maximum atomic E-state index is 14.1. The van der Waals surface area contributed by atoms with Crippen molar-refractivity contribution in [1.82, 2.24) is 4.57 Å². The Labute approximate surface area is 230 Å². The Morgan fingerprint density at radius 1 is 1.13 bits per heavy atom. The molecule has 2 aliphatic heterocycles. The first kappa shape index (κ1) is 25.9. The Hall–Kier alpha value is -3.70. The summed E-state index contributed by atoms with van der Waals surface area (Å²) in [5.41, 5.74) is 2.16. The Bertz CT molecular complexity index is 1720. The molecule has 5 rings (SSSR count). The lowest BCUT2D eigenvalue weighted by molar-refractivity contribution is -0.143. The van der Waals surface area contributed by atoms with Crippen molar-refractivity contribution in [2.24, 2.45) is 4.99 Å². The molecule has 0 fully saturated rings. The molecule has 0 saturated heterocycles. The molecule has 11 heteroatoms. The highest BCUT2D eigenvalue weighted by Gasteiger charge is 2.37. The van der Waals surface area contributed by atoms with E-state index in [1.54, 1.807) is 51.1 Å². The van der Waals surface area contributed by atoms with E-state index >= 15 is 0 Å². The van der Waals surface area contributed by atoms with Gasteiger partial charge in [-0.25, -0.2) is 9.79 Å². The molecule has 196 valence electrons. The van der Waals surface area contributed by atoms with Crippen LogP contribution in [0.25, 0.3) is 5.57 Å². The fraction of sp³-hybridized carbons (Fsp3) is 0.259. The van der Waals surface area contributed by atoms with Crippen LogP contribution < -0.4 is 29.7 Å². The van der Waals surface area contributed by atoms with Crippen molar-refractivity contribution < 1.29 is 23.8 Å². The third kappa shape index (κ3) is 4.25. The van der Waals surface area contributed by atoms with Gasteiger partial charge in [-0.05, 0) is 57.2 Å². The molecular weight excluding hydrogens is 574 g/mol. The van der Waals surface area contributed by atoms with Gasteiger partial charge in [0.1, 0.15) is 22.1 Å². The molecular formula is C27H24BrN3O6S. The monoisotopic (exact) mass is 597 g/mol. The summed E-state index contributed by atoms with van der Waals surface area (Å²) in [6.45, 7) is 5.20. The van der Waals surface area contributed by atoms with Crippen LogP contribution in [0.2, 0.25) is 0 Å². The van der Waals surface area contributed by atoms with Crippen LogP contribution in [0, 0.1) is 0 Å². The number of allylic oxidation sites excluding steroid dienone is 1. The van der Waals surface area contributed by atoms with Gasteiger partial charge in [0.15, 0.2) is 4.80 Å². The second-order valence-corrected chi connectivity index (χ2v) is 10.9. The van der Waals surface area contributed by atoms with Crippen LogP contribution in [0.15, 0.2) is 61.9 Å². The third-order valence-electron chi connectivity index (χ3n) is 6.24. The minimum Gasteiger partial charge on any atom is -0.497 e. The second kappa shape index (κ2) is 9.88. The number of rotatable bonds is 5. The number of hydrogen-bond donors (Lipinski definition) is 1. The smallest absolute Gasteiger partial charge is 0.338 e. The number of amides is 1. The highest BCUT2D eigenvalue weighted by atomic mass is 79.9. The first-order chi connectivity index (χ1) is 18.1. The molecule has 1 N–H and O–H groups in total. The maximum Gasteiger partial charge on any atom is 0.338 e. The maximum absolute atomic E-state index is 14.1. The van der Waals surface area contributed by atoms with E-state index in [1.807, 2.05) is 6.07 Å². The molecule has 2 aliphatic rings. The molecule has 0 radical (unpaired) electrons. The SMILES string of the molecule is COc1ccc(OC)c([C@H]2C(C(=O)OC(C)C)=C(C)N=c3s/c(=C4/C(=O)Nc5ccc(Br)cc54)c(=O)n32)c1. The number of carbonyl (C=O) groups is 2. The van der Waals surface area contributed by atoms with Crippen LogP contribution in [0.4, 0.5) is 5.69 Å². The summed E-state index contributed by atoms with van der Waals surface area (Å²) >= 11 is 4.54. The number of nitrogens with zero attached hydrogens (tertiary/aromatic N) is 2. The minimum atomic E-state index is -0.927. The zero-order valence-corrected chi connectivity index (χ0v) is 23.7. The Morgan fingerprint density at radius 3 is 2.58 bits per heavy atom. The normalized spacial score (nSPS) is 17.6. The van der Waals surface area contributed by atoms with E-state index in [2.05, 4.69) is 26.2 Å². The summed E-state index contributed by atoms with van der Waals surface area (Å²) < 4.78 is 19.1. The summed E-state index contributed by atoms with van der Waals surface area (Å²) in [5, 5.41) is 2.82. The molecule has 1 aromatic heterocycles. The van der Waals surface area contributed by atoms with Gasteiger partial charge in [-0.2, -0.15) is 0 Å². The number of hydrogen-bond acceptors (Lipinski definition) is 8. The number of methoxy groups -OCH3 is 2. The van der Waals surface area contributed by atoms with Gasteiger partial charge in [-0.1, -0.05) is 27.3 Å². The number of thiazole rings is 1. The average Bonchev–Trinajstić information content (AvgIpc) is 3.36. The molecule has 1 amide bonds. The standard InChI is InChI=1S/C27H24BrN3O6S/c1-12(2)37-26(34)20-13(3)29-27-31(22(20)17-11-15(35-4)7-9-19(17)36-5)25(33)23(38-27)21-16-10-14(28)6-8-18(16)30-24(21)32/h6-12,22H,1-5H3,(H,30,32)/b23-21+/t22-/m0/s1. The van der Waals surface area contributed by atoms with Crippen molar-refractivity contribution in [3.8, 4) is 11.5 Å². The molecule has 0 unspecified atom stereocenters. The second-order valence-electron chi connectivity index (χ2n) is 8.98. The first-order valence-corrected chi connectivity index (χ1v) is 13.3. The lowest BCUT2D eigenvalue weighted by atomic mass is 9.94. The summed E-state index contributed by atoms with van der Waals surface area (Å²) in [4.78, 5) is 45.5. The fourth-order valence-electron chi connectivity index (χ4n) is 4.62. The highest BCUT2D eigenvalue weighted by Crippen LogP contribution is 2.38. The first-order valence-electron chi connectivity index (χ1n) is 11.7. The number of aromatic nitrogens is 1. The number of fused-ring (bicyclic) bond motifs is 2. The number of anilines is 1. The fourth-order valence-corrected chi connectivity index (χ4v) is 6.13. The van der Waals surface area contributed by atoms with Crippen molar-refractivity contribution in [3.05, 3.63) is 83.0 Å². The zero-order valence-electron chi connectivity index (χ0n) is 21.2. The van der Waals surface area contributed by atoms with Crippen molar-refractivity contribution in [2.75, 3.05) is 19.5 Å². The van der Waals surface area contributed by atoms with Gasteiger partial charge in [0.25, 0.3) is 11.5 Å². The molecule has 0 spiro atoms. The lowest BCUT2D eigenvalue weighted by Gasteiger charge is -2.26. The summed E-state index contributed by atoms with van der Waals surface area (Å²) in [6, 6.07) is 9.62. The number of halogens is 1. The van der Waals surface area contributed by atoms with E-state index in [-0.39, 0.29) is 27.7 Å². The minimum absolute atomic E-state index is 0.202. The van der Waals surface area contributed by atoms with Gasteiger partial charge in [-0.15, -0.1) is 0 Å². The Kier molecular flexibility index (Phi) is 6.74. The summed E-state index contributed by atoms with van der Waals surface area (Å²) in [6.07, 6.45) is -0.389. The number of ether oxygens (including phenoxy) is 3. The number of esters is 1. The number of nitrogens with one attached hydrogen (secondary N) is 1. The van der Waals surface area contributed by atoms with Crippen molar-refractivity contribution in [2.45, 2.75) is 32.9 Å². The van der Waals surface area contributed by atoms with Crippen LogP contribution >= 0.6 is 27.3 Å². The Balaban J connectivity index is 1.85. The van der Waals surface area contributed by atoms with E-state index in [1.165, 1.54) is 18.8 Å². The molecule has 1 atom stereocenters. The van der Waals surface area contributed by atoms with E-state index in [9.17, 15) is 14.4 Å². The van der Waals surface area contributed by atoms with E-state index in [4.69, 9.17) is 14.2 Å². The lowest BCUT2D eigenvalue weighted by Crippen LogP contribution is -2.41. The van der Waals surface area contributed by atoms with Crippen molar-refractivity contribution in [3.63, 3.8) is 0 Å². The third-order valence-corrected chi connectivity index (χ3v) is 7.79. The van der Waals surface area contributed by atoms with E-state index in [0.717, 1.165) is 15.8 Å². The Morgan fingerprint density at radius 2 is 1.89 bits per heavy atom. The topological polar surface area (TPSA) is 108 Å². The molecule has 3 heterocycles.